The van der Waals surface area contributed by atoms with Crippen LogP contribution < -0.4 is 5.32 Å². The smallest absolute Gasteiger partial charge is 0.223 e. The van der Waals surface area contributed by atoms with Gasteiger partial charge in [-0.05, 0) is 12.1 Å². The summed E-state index contributed by atoms with van der Waals surface area (Å²) in [7, 11) is 3.56. The lowest BCUT2D eigenvalue weighted by molar-refractivity contribution is -0.129. The molecule has 4 rings (SSSR count). The van der Waals surface area contributed by atoms with Crippen LogP contribution in [0.1, 0.15) is 23.8 Å². The van der Waals surface area contributed by atoms with Crippen LogP contribution >= 0.6 is 0 Å². The molecule has 7 heteroatoms. The van der Waals surface area contributed by atoms with Gasteiger partial charge in [-0.2, -0.15) is 5.10 Å². The fraction of sp³-hybridized carbons (Fsp3) is 0.429. The zero-order chi connectivity index (χ0) is 19.5. The number of likely N-dealkylation sites (tertiary alicyclic amines) is 1. The van der Waals surface area contributed by atoms with Crippen molar-refractivity contribution in [3.8, 4) is 0 Å². The van der Waals surface area contributed by atoms with E-state index in [1.54, 1.807) is 11.8 Å². The van der Waals surface area contributed by atoms with Crippen molar-refractivity contribution in [3.63, 3.8) is 0 Å². The maximum atomic E-state index is 12.6. The molecule has 28 heavy (non-hydrogen) atoms. The second-order valence-corrected chi connectivity index (χ2v) is 7.32. The molecule has 0 spiro atoms. The highest BCUT2D eigenvalue weighted by atomic mass is 16.5. The number of hydrogen-bond acceptors (Lipinski definition) is 5. The number of nitrogens with zero attached hydrogens (tertiary/aromatic N) is 3. The first kappa shape index (κ1) is 18.7. The van der Waals surface area contributed by atoms with Gasteiger partial charge in [0.15, 0.2) is 0 Å². The van der Waals surface area contributed by atoms with Crippen LogP contribution in [0.4, 0.5) is 0 Å². The fourth-order valence-corrected chi connectivity index (χ4v) is 4.05. The van der Waals surface area contributed by atoms with E-state index in [9.17, 15) is 4.79 Å². The van der Waals surface area contributed by atoms with Crippen LogP contribution in [0.25, 0.3) is 11.0 Å². The Morgan fingerprint density at radius 1 is 1.36 bits per heavy atom. The van der Waals surface area contributed by atoms with E-state index in [1.807, 2.05) is 48.6 Å². The summed E-state index contributed by atoms with van der Waals surface area (Å²) in [6.45, 7) is 2.49. The number of carbonyl (C=O) groups is 1. The molecule has 2 aromatic heterocycles. The molecular weight excluding hydrogens is 356 g/mol. The van der Waals surface area contributed by atoms with Crippen LogP contribution in [0.2, 0.25) is 0 Å². The largest absolute Gasteiger partial charge is 0.460 e. The highest BCUT2D eigenvalue weighted by Crippen LogP contribution is 2.37. The average molecular weight is 382 g/mol. The number of aromatic nitrogens is 2. The third-order valence-corrected chi connectivity index (χ3v) is 5.32. The van der Waals surface area contributed by atoms with Crippen molar-refractivity contribution >= 4 is 16.9 Å². The van der Waals surface area contributed by atoms with E-state index in [-0.39, 0.29) is 17.9 Å². The van der Waals surface area contributed by atoms with Crippen LogP contribution in [-0.4, -0.2) is 47.4 Å². The molecule has 0 unspecified atom stereocenters. The van der Waals surface area contributed by atoms with Crippen LogP contribution in [0.5, 0.6) is 0 Å². The molecule has 0 radical (unpaired) electrons. The van der Waals surface area contributed by atoms with Gasteiger partial charge < -0.3 is 19.4 Å². The van der Waals surface area contributed by atoms with Crippen molar-refractivity contribution in [2.24, 2.45) is 13.0 Å². The molecular formula is C21H26N4O3. The predicted molar refractivity (Wildman–Crippen MR) is 106 cm³/mol. The monoisotopic (exact) mass is 382 g/mol. The number of ether oxygens (including phenoxy) is 1. The second-order valence-electron chi connectivity index (χ2n) is 7.32. The molecule has 1 fully saturated rings. The molecule has 148 valence electrons. The fourth-order valence-electron chi connectivity index (χ4n) is 4.05. The molecule has 2 atom stereocenters. The van der Waals surface area contributed by atoms with Crippen molar-refractivity contribution in [2.75, 3.05) is 26.8 Å². The number of hydrogen-bond donors (Lipinski definition) is 1. The van der Waals surface area contributed by atoms with Crippen molar-refractivity contribution < 1.29 is 13.9 Å². The summed E-state index contributed by atoms with van der Waals surface area (Å²) in [5.41, 5.74) is 1.97. The molecule has 3 aromatic rings. The van der Waals surface area contributed by atoms with Crippen LogP contribution in [0.15, 0.2) is 47.1 Å². The number of amides is 1. The summed E-state index contributed by atoms with van der Waals surface area (Å²) in [6, 6.07) is 10.1. The number of rotatable bonds is 8. The van der Waals surface area contributed by atoms with Gasteiger partial charge in [0.1, 0.15) is 11.3 Å². The number of carbonyl (C=O) groups excluding carboxylic acids is 1. The first-order valence-corrected chi connectivity index (χ1v) is 9.61. The van der Waals surface area contributed by atoms with Crippen molar-refractivity contribution in [3.05, 3.63) is 54.0 Å². The third-order valence-electron chi connectivity index (χ3n) is 5.32. The Morgan fingerprint density at radius 2 is 2.21 bits per heavy atom. The Balaban J connectivity index is 1.44. The Labute approximate surface area is 164 Å². The Morgan fingerprint density at radius 3 is 2.96 bits per heavy atom. The molecule has 7 nitrogen and oxygen atoms in total. The number of nitrogens with one attached hydrogen (secondary N) is 1. The summed E-state index contributed by atoms with van der Waals surface area (Å²) >= 11 is 0. The van der Waals surface area contributed by atoms with Gasteiger partial charge in [0, 0.05) is 56.7 Å². The van der Waals surface area contributed by atoms with Crippen molar-refractivity contribution in [1.82, 2.24) is 20.0 Å². The van der Waals surface area contributed by atoms with Crippen molar-refractivity contribution in [1.29, 1.82) is 0 Å². The van der Waals surface area contributed by atoms with Gasteiger partial charge in [-0.25, -0.2) is 0 Å². The lowest BCUT2D eigenvalue weighted by Crippen LogP contribution is -2.33. The summed E-state index contributed by atoms with van der Waals surface area (Å²) in [4.78, 5) is 14.6. The summed E-state index contributed by atoms with van der Waals surface area (Å²) in [5.74, 6) is 1.25. The number of aryl methyl sites for hydroxylation is 1. The molecule has 1 aliphatic rings. The Hall–Kier alpha value is -2.64. The van der Waals surface area contributed by atoms with Gasteiger partial charge in [-0.15, -0.1) is 0 Å². The van der Waals surface area contributed by atoms with E-state index in [2.05, 4.69) is 16.5 Å². The van der Waals surface area contributed by atoms with Crippen LogP contribution in [0.3, 0.4) is 0 Å². The molecule has 0 aliphatic carbocycles. The summed E-state index contributed by atoms with van der Waals surface area (Å²) in [5, 5.41) is 8.88. The number of furan rings is 1. The van der Waals surface area contributed by atoms with Gasteiger partial charge in [-0.3, -0.25) is 9.48 Å². The maximum absolute atomic E-state index is 12.6. The van der Waals surface area contributed by atoms with Crippen molar-refractivity contribution in [2.45, 2.75) is 19.0 Å². The summed E-state index contributed by atoms with van der Waals surface area (Å²) in [6.07, 6.45) is 4.38. The van der Waals surface area contributed by atoms with E-state index in [4.69, 9.17) is 9.15 Å². The van der Waals surface area contributed by atoms with Gasteiger partial charge in [-0.1, -0.05) is 18.2 Å². The van der Waals surface area contributed by atoms with Crippen LogP contribution in [-0.2, 0) is 23.1 Å². The molecule has 1 N–H and O–H groups in total. The van der Waals surface area contributed by atoms with E-state index >= 15 is 0 Å². The lowest BCUT2D eigenvalue weighted by atomic mass is 9.95. The standard InChI is InChI=1S/C21H26N4O3/c1-24-14-17(12-23-24)21-16(10-20(26)25(21)7-8-27-2)11-22-13-18-9-15-5-3-4-6-19(15)28-18/h3-6,9,12,14,16,21-22H,7-8,10-11,13H2,1-2H3/t16-,21+/m0/s1. The van der Waals surface area contributed by atoms with E-state index in [0.29, 0.717) is 26.1 Å². The molecule has 0 saturated carbocycles. The van der Waals surface area contributed by atoms with Gasteiger partial charge >= 0.3 is 0 Å². The van der Waals surface area contributed by atoms with Crippen LogP contribution in [0, 0.1) is 5.92 Å². The molecule has 3 heterocycles. The van der Waals surface area contributed by atoms with Gasteiger partial charge in [0.2, 0.25) is 5.91 Å². The zero-order valence-corrected chi connectivity index (χ0v) is 16.3. The minimum Gasteiger partial charge on any atom is -0.460 e. The lowest BCUT2D eigenvalue weighted by Gasteiger charge is -2.27. The highest BCUT2D eigenvalue weighted by molar-refractivity contribution is 5.80. The van der Waals surface area contributed by atoms with E-state index in [1.165, 1.54) is 0 Å². The zero-order valence-electron chi connectivity index (χ0n) is 16.3. The van der Waals surface area contributed by atoms with Gasteiger partial charge in [0.05, 0.1) is 25.4 Å². The van der Waals surface area contributed by atoms with E-state index in [0.717, 1.165) is 28.8 Å². The molecule has 1 aromatic carbocycles. The number of fused-ring (bicyclic) bond motifs is 1. The average Bonchev–Trinajstić information content (AvgIpc) is 3.37. The number of methoxy groups -OCH3 is 1. The third kappa shape index (κ3) is 3.81. The topological polar surface area (TPSA) is 72.5 Å². The highest BCUT2D eigenvalue weighted by Gasteiger charge is 2.40. The first-order valence-electron chi connectivity index (χ1n) is 9.61. The molecule has 1 saturated heterocycles. The molecule has 0 bridgehead atoms. The first-order chi connectivity index (χ1) is 13.7. The summed E-state index contributed by atoms with van der Waals surface area (Å²) < 4.78 is 12.9. The Kier molecular flexibility index (Phi) is 5.45. The maximum Gasteiger partial charge on any atom is 0.223 e. The predicted octanol–water partition coefficient (Wildman–Crippen LogP) is 2.49. The van der Waals surface area contributed by atoms with Gasteiger partial charge in [0.25, 0.3) is 0 Å². The normalized spacial score (nSPS) is 19.8. The molecule has 1 amide bonds. The number of benzene rings is 1. The SMILES string of the molecule is COCCN1C(=O)C[C@@H](CNCc2cc3ccccc3o2)[C@@H]1c1cnn(C)c1. The van der Waals surface area contributed by atoms with E-state index < -0.39 is 0 Å². The minimum atomic E-state index is 0.0134. The minimum absolute atomic E-state index is 0.0134. The second kappa shape index (κ2) is 8.16. The Bertz CT molecular complexity index is 915. The number of para-hydroxylation sites is 1. The quantitative estimate of drug-likeness (QED) is 0.648. The molecule has 1 aliphatic heterocycles.